The first-order chi connectivity index (χ1) is 23.0. The third-order valence-electron chi connectivity index (χ3n) is 9.40. The van der Waals surface area contributed by atoms with Gasteiger partial charge in [-0.05, 0) is 91.2 Å². The number of fused-ring (bicyclic) bond motifs is 7. The van der Waals surface area contributed by atoms with Gasteiger partial charge >= 0.3 is 0 Å². The van der Waals surface area contributed by atoms with Gasteiger partial charge in [0.05, 0.1) is 11.2 Å². The van der Waals surface area contributed by atoms with Crippen LogP contribution >= 0.6 is 11.3 Å². The van der Waals surface area contributed by atoms with Crippen LogP contribution in [0.2, 0.25) is 0 Å². The lowest BCUT2D eigenvalue weighted by atomic mass is 9.96. The maximum Gasteiger partial charge on any atom is 0.0554 e. The minimum absolute atomic E-state index is 0.0994. The number of anilines is 3. The quantitative estimate of drug-likeness (QED) is 0.190. The SMILES string of the molecule is CC(C)(C)n1c2ccccc2c2ccc(N(c3cc(-c4ccccc4)c4ccccc4c3)c3cccc4sc5ccccc5c34)cc21. The minimum Gasteiger partial charge on any atom is -0.335 e. The van der Waals surface area contributed by atoms with Gasteiger partial charge in [0.2, 0.25) is 0 Å². The van der Waals surface area contributed by atoms with Crippen molar-refractivity contribution < 1.29 is 0 Å². The van der Waals surface area contributed by atoms with E-state index in [1.54, 1.807) is 0 Å². The van der Waals surface area contributed by atoms with E-state index in [1.807, 2.05) is 11.3 Å². The fourth-order valence-electron chi connectivity index (χ4n) is 7.47. The first-order valence-corrected chi connectivity index (χ1v) is 17.1. The van der Waals surface area contributed by atoms with Gasteiger partial charge in [-0.2, -0.15) is 0 Å². The van der Waals surface area contributed by atoms with Crippen molar-refractivity contribution in [3.05, 3.63) is 152 Å². The van der Waals surface area contributed by atoms with Crippen molar-refractivity contribution in [3.63, 3.8) is 0 Å². The summed E-state index contributed by atoms with van der Waals surface area (Å²) in [6.45, 7) is 6.91. The van der Waals surface area contributed by atoms with Crippen LogP contribution in [0.5, 0.6) is 0 Å². The number of para-hydroxylation sites is 1. The Bertz CT molecular complexity index is 2620. The summed E-state index contributed by atoms with van der Waals surface area (Å²) in [5, 5.41) is 7.63. The summed E-state index contributed by atoms with van der Waals surface area (Å²) in [7, 11) is 0. The van der Waals surface area contributed by atoms with Gasteiger partial charge in [0.15, 0.2) is 0 Å². The topological polar surface area (TPSA) is 8.17 Å². The van der Waals surface area contributed by atoms with Gasteiger partial charge in [-0.15, -0.1) is 11.3 Å². The summed E-state index contributed by atoms with van der Waals surface area (Å²) in [5.41, 5.74) is 8.33. The molecular weight excluding hydrogens is 589 g/mol. The molecule has 2 heterocycles. The number of hydrogen-bond acceptors (Lipinski definition) is 2. The van der Waals surface area contributed by atoms with Gasteiger partial charge in [0, 0.05) is 53.4 Å². The Morgan fingerprint density at radius 2 is 1.19 bits per heavy atom. The largest absolute Gasteiger partial charge is 0.335 e. The van der Waals surface area contributed by atoms with Crippen LogP contribution in [0.15, 0.2) is 152 Å². The van der Waals surface area contributed by atoms with Gasteiger partial charge in [-0.25, -0.2) is 0 Å². The highest BCUT2D eigenvalue weighted by Gasteiger charge is 2.24. The zero-order chi connectivity index (χ0) is 31.7. The lowest BCUT2D eigenvalue weighted by Gasteiger charge is -2.29. The zero-order valence-electron chi connectivity index (χ0n) is 26.7. The summed E-state index contributed by atoms with van der Waals surface area (Å²) < 4.78 is 5.11. The van der Waals surface area contributed by atoms with Crippen molar-refractivity contribution in [2.24, 2.45) is 0 Å². The predicted molar refractivity (Wildman–Crippen MR) is 205 cm³/mol. The number of rotatable bonds is 4. The molecule has 2 nitrogen and oxygen atoms in total. The molecule has 0 aliphatic heterocycles. The van der Waals surface area contributed by atoms with Crippen molar-refractivity contribution in [2.45, 2.75) is 26.3 Å². The first kappa shape index (κ1) is 27.9. The average Bonchev–Trinajstić information content (AvgIpc) is 3.64. The van der Waals surface area contributed by atoms with Crippen LogP contribution in [-0.2, 0) is 5.54 Å². The van der Waals surface area contributed by atoms with Crippen LogP contribution < -0.4 is 4.90 Å². The fraction of sp³-hybridized carbons (Fsp3) is 0.0909. The van der Waals surface area contributed by atoms with Crippen molar-refractivity contribution in [3.8, 4) is 11.1 Å². The summed E-state index contributed by atoms with van der Waals surface area (Å²) in [4.78, 5) is 2.49. The van der Waals surface area contributed by atoms with E-state index in [0.29, 0.717) is 0 Å². The van der Waals surface area contributed by atoms with Crippen molar-refractivity contribution in [1.29, 1.82) is 0 Å². The third kappa shape index (κ3) is 4.45. The third-order valence-corrected chi connectivity index (χ3v) is 10.5. The van der Waals surface area contributed by atoms with Gasteiger partial charge in [0.1, 0.15) is 0 Å². The van der Waals surface area contributed by atoms with E-state index < -0.39 is 0 Å². The molecule has 2 aromatic heterocycles. The lowest BCUT2D eigenvalue weighted by molar-refractivity contribution is 0.423. The van der Waals surface area contributed by atoms with E-state index >= 15 is 0 Å². The Morgan fingerprint density at radius 1 is 0.511 bits per heavy atom. The minimum atomic E-state index is -0.0994. The van der Waals surface area contributed by atoms with Gasteiger partial charge < -0.3 is 9.47 Å². The molecule has 0 aliphatic carbocycles. The van der Waals surface area contributed by atoms with E-state index in [-0.39, 0.29) is 5.54 Å². The Kier molecular flexibility index (Phi) is 6.28. The lowest BCUT2D eigenvalue weighted by Crippen LogP contribution is -2.21. The van der Waals surface area contributed by atoms with E-state index in [0.717, 1.165) is 11.4 Å². The van der Waals surface area contributed by atoms with Crippen LogP contribution in [0.3, 0.4) is 0 Å². The van der Waals surface area contributed by atoms with Gasteiger partial charge in [-0.3, -0.25) is 0 Å². The molecule has 0 unspecified atom stereocenters. The molecule has 0 bridgehead atoms. The number of benzene rings is 7. The second-order valence-corrected chi connectivity index (χ2v) is 14.5. The molecule has 0 fully saturated rings. The van der Waals surface area contributed by atoms with Crippen LogP contribution in [0, 0.1) is 0 Å². The molecule has 0 saturated carbocycles. The average molecular weight is 623 g/mol. The van der Waals surface area contributed by atoms with E-state index in [4.69, 9.17) is 0 Å². The van der Waals surface area contributed by atoms with E-state index in [1.165, 1.54) is 69.6 Å². The molecule has 226 valence electrons. The van der Waals surface area contributed by atoms with Crippen molar-refractivity contribution in [2.75, 3.05) is 4.90 Å². The Morgan fingerprint density at radius 3 is 2.02 bits per heavy atom. The smallest absolute Gasteiger partial charge is 0.0554 e. The monoisotopic (exact) mass is 622 g/mol. The zero-order valence-corrected chi connectivity index (χ0v) is 27.6. The van der Waals surface area contributed by atoms with E-state index in [2.05, 4.69) is 182 Å². The highest BCUT2D eigenvalue weighted by molar-refractivity contribution is 7.26. The fourth-order valence-corrected chi connectivity index (χ4v) is 8.60. The molecule has 0 amide bonds. The number of hydrogen-bond donors (Lipinski definition) is 0. The second kappa shape index (κ2) is 10.6. The molecular formula is C44H34N2S. The van der Waals surface area contributed by atoms with Crippen LogP contribution in [0.4, 0.5) is 17.1 Å². The molecule has 0 radical (unpaired) electrons. The highest BCUT2D eigenvalue weighted by atomic mass is 32.1. The van der Waals surface area contributed by atoms with Crippen LogP contribution in [0.25, 0.3) is 63.9 Å². The molecule has 0 saturated heterocycles. The first-order valence-electron chi connectivity index (χ1n) is 16.3. The van der Waals surface area contributed by atoms with E-state index in [9.17, 15) is 0 Å². The van der Waals surface area contributed by atoms with Gasteiger partial charge in [0.25, 0.3) is 0 Å². The summed E-state index contributed by atoms with van der Waals surface area (Å²) >= 11 is 1.87. The molecule has 0 atom stereocenters. The van der Waals surface area contributed by atoms with Crippen molar-refractivity contribution in [1.82, 2.24) is 4.57 Å². The maximum atomic E-state index is 2.51. The Hall–Kier alpha value is -5.38. The van der Waals surface area contributed by atoms with Gasteiger partial charge in [-0.1, -0.05) is 103 Å². The second-order valence-electron chi connectivity index (χ2n) is 13.4. The molecule has 9 aromatic rings. The van der Waals surface area contributed by atoms with Crippen LogP contribution in [-0.4, -0.2) is 4.57 Å². The number of aromatic nitrogens is 1. The summed E-state index contributed by atoms with van der Waals surface area (Å²) in [6.07, 6.45) is 0. The number of nitrogens with zero attached hydrogens (tertiary/aromatic N) is 2. The molecule has 9 rings (SSSR count). The maximum absolute atomic E-state index is 2.51. The highest BCUT2D eigenvalue weighted by Crippen LogP contribution is 2.47. The molecule has 47 heavy (non-hydrogen) atoms. The summed E-state index contributed by atoms with van der Waals surface area (Å²) in [6, 6.07) is 55.7. The molecule has 7 aromatic carbocycles. The number of thiophene rings is 1. The molecule has 0 N–H and O–H groups in total. The standard InChI is InChI=1S/C44H34N2S/c1-44(2,3)46-38-20-11-9-18-34(38)35-25-24-31(28-40(35)46)45(39-21-13-23-42-43(39)36-19-10-12-22-41(36)47-42)32-26-30-16-7-8-17-33(30)37(27-32)29-14-5-4-6-15-29/h4-28H,1-3H3. The molecule has 0 spiro atoms. The Labute approximate surface area is 278 Å². The predicted octanol–water partition coefficient (Wildman–Crippen LogP) is 13.2. The molecule has 0 aliphatic rings. The van der Waals surface area contributed by atoms with Crippen LogP contribution in [0.1, 0.15) is 20.8 Å². The normalized spacial score (nSPS) is 12.1. The van der Waals surface area contributed by atoms with Crippen molar-refractivity contribution >= 4 is 81.1 Å². The Balaban J connectivity index is 1.40. The molecule has 3 heteroatoms. The summed E-state index contributed by atoms with van der Waals surface area (Å²) in [5.74, 6) is 0.